The third kappa shape index (κ3) is 4.08. The standard InChI is InChI=1S/C21H17BrN6O4S/c1-10(23)20(29)32-12-4-2-11(3-5-12)28-19-17(18(24)25-8-26-19)27-21(28)33-16-7-15-14(6-13(16)22)30-9-31-15/h2-8,10H,9,23H2,1H3,(H2,24,25,26)/t10-/m0/s1. The highest BCUT2D eigenvalue weighted by atomic mass is 79.9. The Morgan fingerprint density at radius 2 is 1.94 bits per heavy atom. The number of benzene rings is 2. The van der Waals surface area contributed by atoms with E-state index in [-0.39, 0.29) is 12.6 Å². The van der Waals surface area contributed by atoms with Crippen molar-refractivity contribution < 1.29 is 19.0 Å². The second-order valence-electron chi connectivity index (χ2n) is 7.10. The van der Waals surface area contributed by atoms with E-state index in [2.05, 4.69) is 25.9 Å². The van der Waals surface area contributed by atoms with Gasteiger partial charge in [0, 0.05) is 15.1 Å². The molecule has 3 heterocycles. The zero-order valence-electron chi connectivity index (χ0n) is 17.2. The van der Waals surface area contributed by atoms with E-state index in [4.69, 9.17) is 30.7 Å². The van der Waals surface area contributed by atoms with Crippen molar-refractivity contribution in [1.82, 2.24) is 19.5 Å². The van der Waals surface area contributed by atoms with Crippen LogP contribution in [0.15, 0.2) is 57.3 Å². The molecule has 0 fully saturated rings. The summed E-state index contributed by atoms with van der Waals surface area (Å²) in [6.07, 6.45) is 1.39. The molecule has 0 saturated heterocycles. The molecule has 0 bridgehead atoms. The number of nitrogen functional groups attached to an aromatic ring is 1. The number of nitrogens with zero attached hydrogens (tertiary/aromatic N) is 4. The van der Waals surface area contributed by atoms with Crippen LogP contribution in [-0.2, 0) is 4.79 Å². The summed E-state index contributed by atoms with van der Waals surface area (Å²) in [5.74, 6) is 1.47. The maximum Gasteiger partial charge on any atom is 0.328 e. The fourth-order valence-corrected chi connectivity index (χ4v) is 4.64. The summed E-state index contributed by atoms with van der Waals surface area (Å²) in [7, 11) is 0. The van der Waals surface area contributed by atoms with Crippen LogP contribution in [0.4, 0.5) is 5.82 Å². The topological polar surface area (TPSA) is 140 Å². The Hall–Kier alpha value is -3.35. The summed E-state index contributed by atoms with van der Waals surface area (Å²) < 4.78 is 18.9. The molecule has 0 radical (unpaired) electrons. The predicted octanol–water partition coefficient (Wildman–Crippen LogP) is 3.29. The van der Waals surface area contributed by atoms with Crippen molar-refractivity contribution in [3.05, 3.63) is 47.2 Å². The number of nitrogens with two attached hydrogens (primary N) is 2. The smallest absolute Gasteiger partial charge is 0.328 e. The van der Waals surface area contributed by atoms with Crippen molar-refractivity contribution in [2.24, 2.45) is 5.73 Å². The Balaban J connectivity index is 1.57. The summed E-state index contributed by atoms with van der Waals surface area (Å²) in [6.45, 7) is 1.75. The van der Waals surface area contributed by atoms with E-state index in [1.54, 1.807) is 31.2 Å². The number of imidazole rings is 1. The van der Waals surface area contributed by atoms with Gasteiger partial charge in [-0.25, -0.2) is 19.7 Å². The molecule has 5 rings (SSSR count). The minimum Gasteiger partial charge on any atom is -0.454 e. The maximum atomic E-state index is 11.8. The quantitative estimate of drug-likeness (QED) is 0.292. The van der Waals surface area contributed by atoms with E-state index in [0.29, 0.717) is 33.6 Å². The van der Waals surface area contributed by atoms with E-state index in [1.165, 1.54) is 18.1 Å². The molecule has 0 saturated carbocycles. The number of halogens is 1. The van der Waals surface area contributed by atoms with Gasteiger partial charge in [0.1, 0.15) is 18.1 Å². The fraction of sp³-hybridized carbons (Fsp3) is 0.143. The van der Waals surface area contributed by atoms with Gasteiger partial charge in [-0.3, -0.25) is 4.57 Å². The lowest BCUT2D eigenvalue weighted by Gasteiger charge is -2.11. The minimum absolute atomic E-state index is 0.181. The Bertz CT molecular complexity index is 1380. The van der Waals surface area contributed by atoms with Crippen LogP contribution in [-0.4, -0.2) is 38.3 Å². The van der Waals surface area contributed by atoms with Crippen LogP contribution in [0, 0.1) is 0 Å². The average molecular weight is 529 g/mol. The van der Waals surface area contributed by atoms with Gasteiger partial charge in [0.15, 0.2) is 33.6 Å². The van der Waals surface area contributed by atoms with Gasteiger partial charge < -0.3 is 25.7 Å². The summed E-state index contributed by atoms with van der Waals surface area (Å²) in [5.41, 5.74) is 13.4. The zero-order valence-corrected chi connectivity index (χ0v) is 19.6. The molecule has 0 amide bonds. The molecule has 12 heteroatoms. The predicted molar refractivity (Wildman–Crippen MR) is 125 cm³/mol. The van der Waals surface area contributed by atoms with Crippen LogP contribution >= 0.6 is 27.7 Å². The first kappa shape index (κ1) is 21.5. The van der Waals surface area contributed by atoms with Gasteiger partial charge in [0.2, 0.25) is 6.79 Å². The molecule has 0 aliphatic carbocycles. The lowest BCUT2D eigenvalue weighted by atomic mass is 10.3. The molecule has 0 unspecified atom stereocenters. The van der Waals surface area contributed by atoms with Crippen molar-refractivity contribution in [2.45, 2.75) is 23.0 Å². The summed E-state index contributed by atoms with van der Waals surface area (Å²) in [4.78, 5) is 25.8. The van der Waals surface area contributed by atoms with Crippen molar-refractivity contribution in [3.8, 4) is 22.9 Å². The van der Waals surface area contributed by atoms with E-state index in [1.807, 2.05) is 16.7 Å². The van der Waals surface area contributed by atoms with Gasteiger partial charge >= 0.3 is 5.97 Å². The molecule has 33 heavy (non-hydrogen) atoms. The van der Waals surface area contributed by atoms with Gasteiger partial charge in [-0.2, -0.15) is 0 Å². The normalized spacial score (nSPS) is 13.3. The number of anilines is 1. The molecule has 1 aliphatic rings. The van der Waals surface area contributed by atoms with Crippen LogP contribution < -0.4 is 25.7 Å². The molecular formula is C21H17BrN6O4S. The van der Waals surface area contributed by atoms with E-state index < -0.39 is 12.0 Å². The highest BCUT2D eigenvalue weighted by Gasteiger charge is 2.22. The Morgan fingerprint density at radius 1 is 1.21 bits per heavy atom. The van der Waals surface area contributed by atoms with Crippen molar-refractivity contribution in [3.63, 3.8) is 0 Å². The van der Waals surface area contributed by atoms with Gasteiger partial charge in [0.25, 0.3) is 0 Å². The second kappa shape index (κ2) is 8.54. The molecule has 168 valence electrons. The first-order valence-electron chi connectivity index (χ1n) is 9.74. The van der Waals surface area contributed by atoms with Crippen LogP contribution in [0.2, 0.25) is 0 Å². The third-order valence-corrected chi connectivity index (χ3v) is 6.69. The zero-order chi connectivity index (χ0) is 23.1. The highest BCUT2D eigenvalue weighted by molar-refractivity contribution is 9.10. The van der Waals surface area contributed by atoms with E-state index in [0.717, 1.165) is 15.1 Å². The number of ether oxygens (including phenoxy) is 3. The SMILES string of the molecule is C[C@H](N)C(=O)Oc1ccc(-n2c(Sc3cc4c(cc3Br)OCO4)nc3c(N)ncnc32)cc1. The molecular weight excluding hydrogens is 512 g/mol. The Morgan fingerprint density at radius 3 is 2.67 bits per heavy atom. The van der Waals surface area contributed by atoms with Crippen LogP contribution in [0.5, 0.6) is 17.2 Å². The highest BCUT2D eigenvalue weighted by Crippen LogP contribution is 2.43. The first-order chi connectivity index (χ1) is 15.9. The number of carbonyl (C=O) groups is 1. The van der Waals surface area contributed by atoms with Gasteiger partial charge in [-0.05, 0) is 71.0 Å². The summed E-state index contributed by atoms with van der Waals surface area (Å²) in [5, 5.41) is 0.608. The maximum absolute atomic E-state index is 11.8. The van der Waals surface area contributed by atoms with E-state index in [9.17, 15) is 4.79 Å². The molecule has 4 aromatic rings. The van der Waals surface area contributed by atoms with Crippen LogP contribution in [0.3, 0.4) is 0 Å². The molecule has 2 aromatic carbocycles. The molecule has 2 aromatic heterocycles. The largest absolute Gasteiger partial charge is 0.454 e. The molecule has 4 N–H and O–H groups in total. The molecule has 1 aliphatic heterocycles. The third-order valence-electron chi connectivity index (χ3n) is 4.76. The number of rotatable bonds is 5. The second-order valence-corrected chi connectivity index (χ2v) is 8.97. The number of fused-ring (bicyclic) bond motifs is 2. The Kier molecular flexibility index (Phi) is 5.56. The van der Waals surface area contributed by atoms with Crippen molar-refractivity contribution >= 4 is 50.6 Å². The first-order valence-corrected chi connectivity index (χ1v) is 11.4. The summed E-state index contributed by atoms with van der Waals surface area (Å²) in [6, 6.07) is 9.96. The van der Waals surface area contributed by atoms with Crippen LogP contribution in [0.25, 0.3) is 16.9 Å². The fourth-order valence-electron chi connectivity index (χ4n) is 3.14. The van der Waals surface area contributed by atoms with Gasteiger partial charge in [-0.15, -0.1) is 0 Å². The van der Waals surface area contributed by atoms with Crippen molar-refractivity contribution in [2.75, 3.05) is 12.5 Å². The minimum atomic E-state index is -0.718. The van der Waals surface area contributed by atoms with Crippen molar-refractivity contribution in [1.29, 1.82) is 0 Å². The van der Waals surface area contributed by atoms with Gasteiger partial charge in [0.05, 0.1) is 0 Å². The Labute approximate surface area is 200 Å². The number of aromatic nitrogens is 4. The van der Waals surface area contributed by atoms with Crippen LogP contribution in [0.1, 0.15) is 6.92 Å². The number of carbonyl (C=O) groups excluding carboxylic acids is 1. The summed E-state index contributed by atoms with van der Waals surface area (Å²) >= 11 is 4.98. The average Bonchev–Trinajstić information content (AvgIpc) is 3.39. The molecule has 10 nitrogen and oxygen atoms in total. The monoisotopic (exact) mass is 528 g/mol. The van der Waals surface area contributed by atoms with E-state index >= 15 is 0 Å². The number of hydrogen-bond acceptors (Lipinski definition) is 10. The van der Waals surface area contributed by atoms with Gasteiger partial charge in [-0.1, -0.05) is 0 Å². The lowest BCUT2D eigenvalue weighted by Crippen LogP contribution is -2.30. The lowest BCUT2D eigenvalue weighted by molar-refractivity contribution is -0.135. The number of esters is 1. The molecule has 0 spiro atoms. The molecule has 1 atom stereocenters. The number of hydrogen-bond donors (Lipinski definition) is 2.